The Hall–Kier alpha value is -4.44. The Morgan fingerprint density at radius 3 is 2.71 bits per heavy atom. The lowest BCUT2D eigenvalue weighted by Gasteiger charge is -2.19. The zero-order valence-corrected chi connectivity index (χ0v) is 21.3. The van der Waals surface area contributed by atoms with Crippen LogP contribution in [0.4, 0.5) is 25.6 Å². The third-order valence-corrected chi connectivity index (χ3v) is 6.42. The van der Waals surface area contributed by atoms with Crippen LogP contribution >= 0.6 is 11.3 Å². The second kappa shape index (κ2) is 10.5. The molecule has 0 aliphatic heterocycles. The molecule has 10 nitrogen and oxygen atoms in total. The Morgan fingerprint density at radius 1 is 1.21 bits per heavy atom. The smallest absolute Gasteiger partial charge is 0.322 e. The van der Waals surface area contributed by atoms with Gasteiger partial charge in [0.1, 0.15) is 11.4 Å². The number of nitrogens with zero attached hydrogens (tertiary/aromatic N) is 6. The molecule has 1 aliphatic rings. The van der Waals surface area contributed by atoms with Gasteiger partial charge in [-0.3, -0.25) is 20.0 Å². The summed E-state index contributed by atoms with van der Waals surface area (Å²) >= 11 is 1.15. The molecule has 194 valence electrons. The molecule has 1 amide bonds. The summed E-state index contributed by atoms with van der Waals surface area (Å²) in [6.07, 6.45) is 0.550. The van der Waals surface area contributed by atoms with Gasteiger partial charge in [0.15, 0.2) is 5.01 Å². The number of carbonyl (C=O) groups excluding carboxylic acids is 1. The summed E-state index contributed by atoms with van der Waals surface area (Å²) in [5, 5.41) is 19.4. The Balaban J connectivity index is 1.54. The molecule has 0 unspecified atom stereocenters. The van der Waals surface area contributed by atoms with E-state index in [0.29, 0.717) is 28.1 Å². The van der Waals surface area contributed by atoms with E-state index in [9.17, 15) is 13.6 Å². The van der Waals surface area contributed by atoms with Crippen molar-refractivity contribution in [3.05, 3.63) is 52.6 Å². The number of ether oxygens (including phenoxy) is 1. The number of rotatable bonds is 7. The van der Waals surface area contributed by atoms with Crippen LogP contribution in [0.25, 0.3) is 11.1 Å². The fourth-order valence-electron chi connectivity index (χ4n) is 3.53. The Labute approximate surface area is 220 Å². The van der Waals surface area contributed by atoms with Crippen LogP contribution in [0.2, 0.25) is 0 Å². The molecule has 0 radical (unpaired) electrons. The fraction of sp³-hybridized carbons (Fsp3) is 0.280. The van der Waals surface area contributed by atoms with E-state index >= 15 is 0 Å². The molecule has 5 rings (SSSR count). The highest BCUT2D eigenvalue weighted by molar-refractivity contribution is 7.15. The second-order valence-electron chi connectivity index (χ2n) is 8.41. The zero-order valence-electron chi connectivity index (χ0n) is 20.5. The minimum Gasteiger partial charge on any atom is -0.494 e. The standard InChI is InChI=1S/C25H21F2N7O3S/c1-13-30-33-25(37-13)34(2)15-7-8-16(17(10-15)18-11-19(22(26)27)28-12-20(18)36-3)23(35)29-24-32-31-21(38-24)9-6-14-4-5-14/h7-8,10-12,14,22H,4-5H2,1-3H3,(H,29,32,35). The summed E-state index contributed by atoms with van der Waals surface area (Å²) in [7, 11) is 3.09. The molecule has 38 heavy (non-hydrogen) atoms. The number of benzene rings is 1. The Kier molecular flexibility index (Phi) is 6.97. The van der Waals surface area contributed by atoms with Gasteiger partial charge in [0.25, 0.3) is 12.3 Å². The van der Waals surface area contributed by atoms with E-state index in [1.807, 2.05) is 0 Å². The number of alkyl halides is 2. The minimum absolute atomic E-state index is 0.189. The highest BCUT2D eigenvalue weighted by atomic mass is 32.1. The van der Waals surface area contributed by atoms with E-state index in [0.717, 1.165) is 24.2 Å². The quantitative estimate of drug-likeness (QED) is 0.324. The average Bonchev–Trinajstić information content (AvgIpc) is 3.48. The molecular formula is C25H21F2N7O3S. The van der Waals surface area contributed by atoms with Gasteiger partial charge in [-0.15, -0.1) is 15.3 Å². The number of hydrogen-bond donors (Lipinski definition) is 1. The van der Waals surface area contributed by atoms with Crippen LogP contribution in [0.1, 0.15) is 46.2 Å². The van der Waals surface area contributed by atoms with Crippen LogP contribution in [-0.4, -0.2) is 45.4 Å². The van der Waals surface area contributed by atoms with Gasteiger partial charge in [0, 0.05) is 42.3 Å². The molecule has 1 aromatic carbocycles. The van der Waals surface area contributed by atoms with Crippen molar-refractivity contribution >= 4 is 34.1 Å². The van der Waals surface area contributed by atoms with Crippen molar-refractivity contribution in [2.24, 2.45) is 5.92 Å². The van der Waals surface area contributed by atoms with Crippen molar-refractivity contribution in [1.82, 2.24) is 25.4 Å². The first kappa shape index (κ1) is 25.2. The van der Waals surface area contributed by atoms with Crippen molar-refractivity contribution in [3.8, 4) is 28.7 Å². The zero-order chi connectivity index (χ0) is 26.8. The lowest BCUT2D eigenvalue weighted by molar-refractivity contribution is 0.102. The molecule has 1 saturated carbocycles. The van der Waals surface area contributed by atoms with Gasteiger partial charge in [-0.1, -0.05) is 22.4 Å². The van der Waals surface area contributed by atoms with E-state index < -0.39 is 18.0 Å². The molecule has 0 spiro atoms. The average molecular weight is 538 g/mol. The van der Waals surface area contributed by atoms with E-state index in [2.05, 4.69) is 42.5 Å². The summed E-state index contributed by atoms with van der Waals surface area (Å²) < 4.78 is 38.0. The maximum atomic E-state index is 13.6. The molecule has 0 atom stereocenters. The van der Waals surface area contributed by atoms with Gasteiger partial charge in [-0.25, -0.2) is 8.78 Å². The molecule has 3 heterocycles. The minimum atomic E-state index is -2.82. The predicted molar refractivity (Wildman–Crippen MR) is 136 cm³/mol. The van der Waals surface area contributed by atoms with Crippen molar-refractivity contribution in [2.75, 3.05) is 24.4 Å². The van der Waals surface area contributed by atoms with Crippen LogP contribution < -0.4 is 15.0 Å². The van der Waals surface area contributed by atoms with Gasteiger partial charge >= 0.3 is 6.01 Å². The van der Waals surface area contributed by atoms with Crippen LogP contribution in [-0.2, 0) is 0 Å². The summed E-state index contributed by atoms with van der Waals surface area (Å²) in [5.74, 6) is 6.55. The van der Waals surface area contributed by atoms with Gasteiger partial charge in [-0.05, 0) is 43.0 Å². The number of aromatic nitrogens is 5. The number of methoxy groups -OCH3 is 1. The van der Waals surface area contributed by atoms with Gasteiger partial charge in [0.05, 0.1) is 13.3 Å². The van der Waals surface area contributed by atoms with Gasteiger partial charge in [0.2, 0.25) is 11.0 Å². The number of carbonyl (C=O) groups is 1. The predicted octanol–water partition coefficient (Wildman–Crippen LogP) is 5.02. The number of halogens is 2. The Bertz CT molecular complexity index is 1560. The largest absolute Gasteiger partial charge is 0.494 e. The third kappa shape index (κ3) is 5.45. The van der Waals surface area contributed by atoms with Crippen LogP contribution in [0.5, 0.6) is 5.75 Å². The fourth-order valence-corrected chi connectivity index (χ4v) is 4.13. The molecule has 3 aromatic heterocycles. The molecular weight excluding hydrogens is 516 g/mol. The number of aryl methyl sites for hydroxylation is 1. The maximum absolute atomic E-state index is 13.6. The van der Waals surface area contributed by atoms with Gasteiger partial charge in [-0.2, -0.15) is 0 Å². The van der Waals surface area contributed by atoms with Crippen LogP contribution in [0.15, 0.2) is 34.9 Å². The normalized spacial score (nSPS) is 12.7. The highest BCUT2D eigenvalue weighted by Gasteiger charge is 2.23. The number of hydrogen-bond acceptors (Lipinski definition) is 10. The maximum Gasteiger partial charge on any atom is 0.322 e. The molecule has 0 saturated heterocycles. The lowest BCUT2D eigenvalue weighted by Crippen LogP contribution is -2.15. The number of nitrogens with one attached hydrogen (secondary N) is 1. The summed E-state index contributed by atoms with van der Waals surface area (Å²) in [6.45, 7) is 1.66. The molecule has 1 fully saturated rings. The second-order valence-corrected chi connectivity index (χ2v) is 9.39. The highest BCUT2D eigenvalue weighted by Crippen LogP contribution is 2.38. The molecule has 4 aromatic rings. The van der Waals surface area contributed by atoms with Crippen LogP contribution in [0.3, 0.4) is 0 Å². The summed E-state index contributed by atoms with van der Waals surface area (Å²) in [4.78, 5) is 18.8. The Morgan fingerprint density at radius 2 is 2.03 bits per heavy atom. The van der Waals surface area contributed by atoms with Gasteiger partial charge < -0.3 is 9.15 Å². The van der Waals surface area contributed by atoms with E-state index in [1.165, 1.54) is 19.4 Å². The van der Waals surface area contributed by atoms with E-state index in [4.69, 9.17) is 9.15 Å². The number of amides is 1. The SMILES string of the molecule is COc1cnc(C(F)F)cc1-c1cc(N(C)c2nnc(C)o2)ccc1C(=O)Nc1nnc(C#CC2CC2)s1. The van der Waals surface area contributed by atoms with Crippen molar-refractivity contribution in [3.63, 3.8) is 0 Å². The van der Waals surface area contributed by atoms with Crippen molar-refractivity contribution in [1.29, 1.82) is 0 Å². The topological polar surface area (TPSA) is 119 Å². The molecule has 1 aliphatic carbocycles. The van der Waals surface area contributed by atoms with E-state index in [-0.39, 0.29) is 28.0 Å². The van der Waals surface area contributed by atoms with Crippen molar-refractivity contribution < 1.29 is 22.7 Å². The number of pyridine rings is 1. The summed E-state index contributed by atoms with van der Waals surface area (Å²) in [5.41, 5.74) is 0.873. The van der Waals surface area contributed by atoms with Crippen LogP contribution in [0, 0.1) is 24.7 Å². The molecule has 0 bridgehead atoms. The number of anilines is 3. The molecule has 1 N–H and O–H groups in total. The first-order valence-electron chi connectivity index (χ1n) is 11.5. The third-order valence-electron chi connectivity index (χ3n) is 5.67. The molecule has 13 heteroatoms. The monoisotopic (exact) mass is 537 g/mol. The van der Waals surface area contributed by atoms with Crippen molar-refractivity contribution in [2.45, 2.75) is 26.2 Å². The lowest BCUT2D eigenvalue weighted by atomic mass is 9.97. The summed E-state index contributed by atoms with van der Waals surface area (Å²) in [6, 6.07) is 6.30. The first-order valence-corrected chi connectivity index (χ1v) is 12.3. The first-order chi connectivity index (χ1) is 18.3. The van der Waals surface area contributed by atoms with E-state index in [1.54, 1.807) is 37.1 Å².